The first kappa shape index (κ1) is 16.3. The van der Waals surface area contributed by atoms with Crippen LogP contribution in [0.25, 0.3) is 5.65 Å². The first-order valence-corrected chi connectivity index (χ1v) is 7.11. The maximum absolute atomic E-state index is 12.6. The topological polar surface area (TPSA) is 59.3 Å². The molecule has 0 aromatic carbocycles. The molecule has 3 aromatic heterocycles. The Balaban J connectivity index is 1.86. The number of imidazole rings is 1. The van der Waals surface area contributed by atoms with E-state index in [4.69, 9.17) is 11.6 Å². The van der Waals surface area contributed by atoms with Gasteiger partial charge in [-0.05, 0) is 30.7 Å². The minimum Gasteiger partial charge on any atom is -0.306 e. The lowest BCUT2D eigenvalue weighted by Crippen LogP contribution is -2.14. The molecule has 1 amide bonds. The van der Waals surface area contributed by atoms with Crippen molar-refractivity contribution in [2.45, 2.75) is 13.1 Å². The van der Waals surface area contributed by atoms with Crippen molar-refractivity contribution in [1.29, 1.82) is 0 Å². The number of carbonyl (C=O) groups is 1. The first-order valence-electron chi connectivity index (χ1n) is 6.73. The van der Waals surface area contributed by atoms with E-state index in [0.29, 0.717) is 17.9 Å². The lowest BCUT2D eigenvalue weighted by Gasteiger charge is -2.09. The molecule has 9 heteroatoms. The van der Waals surface area contributed by atoms with E-state index in [9.17, 15) is 18.0 Å². The van der Waals surface area contributed by atoms with Crippen molar-refractivity contribution in [3.05, 3.63) is 58.6 Å². The summed E-state index contributed by atoms with van der Waals surface area (Å²) < 4.78 is 39.4. The lowest BCUT2D eigenvalue weighted by molar-refractivity contribution is -0.137. The molecule has 0 bridgehead atoms. The van der Waals surface area contributed by atoms with E-state index in [1.165, 1.54) is 6.20 Å². The molecule has 124 valence electrons. The molecular weight excluding hydrogens is 345 g/mol. The second-order valence-corrected chi connectivity index (χ2v) is 5.51. The highest BCUT2D eigenvalue weighted by molar-refractivity contribution is 6.33. The van der Waals surface area contributed by atoms with Crippen molar-refractivity contribution in [2.75, 3.05) is 5.32 Å². The summed E-state index contributed by atoms with van der Waals surface area (Å²) >= 11 is 5.76. The van der Waals surface area contributed by atoms with E-state index in [-0.39, 0.29) is 16.5 Å². The maximum Gasteiger partial charge on any atom is 0.417 e. The Morgan fingerprint density at radius 1 is 1.33 bits per heavy atom. The molecule has 3 aromatic rings. The molecule has 0 saturated carbocycles. The predicted octanol–water partition coefficient (Wildman–Crippen LogP) is 3.96. The van der Waals surface area contributed by atoms with Crippen LogP contribution < -0.4 is 5.32 Å². The van der Waals surface area contributed by atoms with Gasteiger partial charge in [-0.2, -0.15) is 13.2 Å². The van der Waals surface area contributed by atoms with Gasteiger partial charge in [0.25, 0.3) is 5.91 Å². The molecule has 24 heavy (non-hydrogen) atoms. The molecule has 0 fully saturated rings. The van der Waals surface area contributed by atoms with Gasteiger partial charge in [0.1, 0.15) is 11.3 Å². The largest absolute Gasteiger partial charge is 0.417 e. The normalized spacial score (nSPS) is 11.7. The average Bonchev–Trinajstić information content (AvgIpc) is 2.91. The van der Waals surface area contributed by atoms with Gasteiger partial charge in [-0.1, -0.05) is 11.6 Å². The van der Waals surface area contributed by atoms with Gasteiger partial charge in [0.05, 0.1) is 10.6 Å². The Morgan fingerprint density at radius 2 is 2.08 bits per heavy atom. The average molecular weight is 355 g/mol. The van der Waals surface area contributed by atoms with Crippen LogP contribution in [-0.4, -0.2) is 20.3 Å². The van der Waals surface area contributed by atoms with Gasteiger partial charge in [-0.25, -0.2) is 9.97 Å². The minimum absolute atomic E-state index is 0.0957. The smallest absolute Gasteiger partial charge is 0.306 e. The van der Waals surface area contributed by atoms with Crippen molar-refractivity contribution in [3.63, 3.8) is 0 Å². The third-order valence-electron chi connectivity index (χ3n) is 3.25. The Bertz CT molecular complexity index is 936. The number of pyridine rings is 2. The summed E-state index contributed by atoms with van der Waals surface area (Å²) in [6.07, 6.45) is -0.701. The molecule has 0 unspecified atom stereocenters. The lowest BCUT2D eigenvalue weighted by atomic mass is 10.2. The summed E-state index contributed by atoms with van der Waals surface area (Å²) in [6, 6.07) is 4.35. The van der Waals surface area contributed by atoms with Gasteiger partial charge in [0, 0.05) is 18.6 Å². The molecule has 5 nitrogen and oxygen atoms in total. The fraction of sp³-hybridized carbons (Fsp3) is 0.133. The first-order chi connectivity index (χ1) is 11.2. The third-order valence-corrected chi connectivity index (χ3v) is 3.54. The molecule has 0 saturated heterocycles. The Kier molecular flexibility index (Phi) is 3.92. The molecule has 0 atom stereocenters. The van der Waals surface area contributed by atoms with Gasteiger partial charge in [-0.15, -0.1) is 0 Å². The van der Waals surface area contributed by atoms with E-state index >= 15 is 0 Å². The van der Waals surface area contributed by atoms with Gasteiger partial charge < -0.3 is 9.72 Å². The standard InChI is InChI=1S/C15H10ClF3N4O/c1-8-2-3-23-7-11(21-12(23)4-8)14(24)22-13-10(16)5-9(6-20-13)15(17,18)19/h2-7H,1H3,(H,20,22,24). The summed E-state index contributed by atoms with van der Waals surface area (Å²) in [6.45, 7) is 1.89. The SMILES string of the molecule is Cc1ccn2cc(C(=O)Nc3ncc(C(F)(F)F)cc3Cl)nc2c1. The van der Waals surface area contributed by atoms with E-state index in [1.54, 1.807) is 16.7 Å². The van der Waals surface area contributed by atoms with Crippen LogP contribution in [0.3, 0.4) is 0 Å². The number of carbonyl (C=O) groups excluding carboxylic acids is 1. The number of alkyl halides is 3. The minimum atomic E-state index is -4.56. The molecule has 1 N–H and O–H groups in total. The molecule has 0 aliphatic heterocycles. The molecule has 0 radical (unpaired) electrons. The van der Waals surface area contributed by atoms with Crippen molar-refractivity contribution in [2.24, 2.45) is 0 Å². The Labute approximate surface area is 139 Å². The summed E-state index contributed by atoms with van der Waals surface area (Å²) in [5.41, 5.74) is 0.659. The van der Waals surface area contributed by atoms with Crippen molar-refractivity contribution < 1.29 is 18.0 Å². The van der Waals surface area contributed by atoms with Crippen LogP contribution in [0.1, 0.15) is 21.6 Å². The van der Waals surface area contributed by atoms with E-state index < -0.39 is 17.6 Å². The van der Waals surface area contributed by atoms with Crippen LogP contribution in [0.15, 0.2) is 36.8 Å². The van der Waals surface area contributed by atoms with Gasteiger partial charge in [0.2, 0.25) is 0 Å². The van der Waals surface area contributed by atoms with Crippen molar-refractivity contribution in [3.8, 4) is 0 Å². The van der Waals surface area contributed by atoms with Crippen molar-refractivity contribution >= 4 is 29.0 Å². The summed E-state index contributed by atoms with van der Waals surface area (Å²) in [4.78, 5) is 19.9. The zero-order valence-electron chi connectivity index (χ0n) is 12.2. The van der Waals surface area contributed by atoms with E-state index in [1.807, 2.05) is 13.0 Å². The second-order valence-electron chi connectivity index (χ2n) is 5.10. The number of hydrogen-bond acceptors (Lipinski definition) is 3. The molecule has 3 heterocycles. The van der Waals surface area contributed by atoms with Crippen LogP contribution in [0.2, 0.25) is 5.02 Å². The van der Waals surface area contributed by atoms with E-state index in [0.717, 1.165) is 5.56 Å². The number of fused-ring (bicyclic) bond motifs is 1. The molecule has 0 aliphatic carbocycles. The van der Waals surface area contributed by atoms with Crippen LogP contribution >= 0.6 is 11.6 Å². The van der Waals surface area contributed by atoms with Crippen LogP contribution in [-0.2, 0) is 6.18 Å². The number of aryl methyl sites for hydroxylation is 1. The quantitative estimate of drug-likeness (QED) is 0.757. The van der Waals surface area contributed by atoms with Gasteiger partial charge in [-0.3, -0.25) is 4.79 Å². The number of hydrogen-bond donors (Lipinski definition) is 1. The fourth-order valence-corrected chi connectivity index (χ4v) is 2.26. The molecule has 3 rings (SSSR count). The number of halogens is 4. The number of amides is 1. The highest BCUT2D eigenvalue weighted by atomic mass is 35.5. The van der Waals surface area contributed by atoms with Crippen molar-refractivity contribution in [1.82, 2.24) is 14.4 Å². The summed E-state index contributed by atoms with van der Waals surface area (Å²) in [7, 11) is 0. The Hall–Kier alpha value is -2.61. The van der Waals surface area contributed by atoms with E-state index in [2.05, 4.69) is 15.3 Å². The highest BCUT2D eigenvalue weighted by Gasteiger charge is 2.31. The Morgan fingerprint density at radius 3 is 2.75 bits per heavy atom. The highest BCUT2D eigenvalue weighted by Crippen LogP contribution is 2.32. The number of nitrogens with one attached hydrogen (secondary N) is 1. The zero-order valence-corrected chi connectivity index (χ0v) is 13.0. The van der Waals surface area contributed by atoms with Crippen LogP contribution in [0.4, 0.5) is 19.0 Å². The zero-order chi connectivity index (χ0) is 17.5. The monoisotopic (exact) mass is 354 g/mol. The number of anilines is 1. The molecule has 0 aliphatic rings. The predicted molar refractivity (Wildman–Crippen MR) is 82.1 cm³/mol. The summed E-state index contributed by atoms with van der Waals surface area (Å²) in [5, 5.41) is 2.05. The number of rotatable bonds is 2. The fourth-order valence-electron chi connectivity index (χ4n) is 2.05. The molecule has 0 spiro atoms. The van der Waals surface area contributed by atoms with Crippen LogP contribution in [0, 0.1) is 6.92 Å². The third kappa shape index (κ3) is 3.18. The van der Waals surface area contributed by atoms with Gasteiger partial charge in [0.15, 0.2) is 5.82 Å². The number of aromatic nitrogens is 3. The molecular formula is C15H10ClF3N4O. The number of nitrogens with zero attached hydrogens (tertiary/aromatic N) is 3. The second kappa shape index (κ2) is 5.79. The van der Waals surface area contributed by atoms with Gasteiger partial charge >= 0.3 is 6.18 Å². The maximum atomic E-state index is 12.6. The summed E-state index contributed by atoms with van der Waals surface area (Å²) in [5.74, 6) is -0.784. The van der Waals surface area contributed by atoms with Crippen LogP contribution in [0.5, 0.6) is 0 Å².